The van der Waals surface area contributed by atoms with Gasteiger partial charge in [-0.3, -0.25) is 28.9 Å². The maximum Gasteiger partial charge on any atom is 0.303 e. The van der Waals surface area contributed by atoms with Gasteiger partial charge in [-0.25, -0.2) is 0 Å². The second kappa shape index (κ2) is 15.2. The molecule has 4 aliphatic rings. The molecule has 2 amide bonds. The molecule has 0 saturated carbocycles. The van der Waals surface area contributed by atoms with Crippen LogP contribution in [0.25, 0.3) is 0 Å². The quantitative estimate of drug-likeness (QED) is 0.212. The molecule has 268 valence electrons. The molecular formula is C35H39NO13S. The normalized spacial score (nSPS) is 33.6. The lowest BCUT2D eigenvalue weighted by Gasteiger charge is -2.52. The van der Waals surface area contributed by atoms with E-state index in [1.807, 2.05) is 37.3 Å². The largest absolute Gasteiger partial charge is 0.456 e. The number of thioether (sulfide) groups is 1. The molecule has 0 bridgehead atoms. The average Bonchev–Trinajstić information content (AvgIpc) is 3.33. The SMILES string of the molecule is CCS[C@@H]1O[C@@H]2COC(c3ccccc3)O[C@H]2[C@H](O[C@@H]2O[C@@H](C)[C@H](OC(C)=O)[C@@H](OC(C)=O)[C@H]2OC(C)=O)[C@H]1N1C(=O)c2ccccc2C1=O. The zero-order chi connectivity index (χ0) is 35.7. The molecule has 4 aliphatic heterocycles. The Hall–Kier alpha value is -3.86. The number of benzene rings is 2. The van der Waals surface area contributed by atoms with Crippen molar-refractivity contribution in [2.45, 2.75) is 101 Å². The van der Waals surface area contributed by atoms with Gasteiger partial charge in [0.2, 0.25) is 0 Å². The first kappa shape index (κ1) is 35.9. The number of amides is 2. The lowest BCUT2D eigenvalue weighted by atomic mass is 9.94. The number of hydrogen-bond acceptors (Lipinski definition) is 14. The lowest BCUT2D eigenvalue weighted by Crippen LogP contribution is -2.69. The third kappa shape index (κ3) is 7.16. The summed E-state index contributed by atoms with van der Waals surface area (Å²) in [6, 6.07) is 14.6. The van der Waals surface area contributed by atoms with Crippen LogP contribution in [0.1, 0.15) is 67.2 Å². The first-order chi connectivity index (χ1) is 24.0. The van der Waals surface area contributed by atoms with Crippen LogP contribution in [0, 0.1) is 0 Å². The number of rotatable bonds is 9. The molecule has 14 nitrogen and oxygen atoms in total. The molecule has 6 rings (SSSR count). The third-order valence-electron chi connectivity index (χ3n) is 8.76. The van der Waals surface area contributed by atoms with Gasteiger partial charge in [0.15, 0.2) is 30.9 Å². The Kier molecular flexibility index (Phi) is 10.9. The highest BCUT2D eigenvalue weighted by Gasteiger charge is 2.59. The fraction of sp³-hybridized carbons (Fsp3) is 0.514. The fourth-order valence-corrected chi connectivity index (χ4v) is 7.80. The second-order valence-electron chi connectivity index (χ2n) is 12.2. The van der Waals surface area contributed by atoms with Gasteiger partial charge in [0.25, 0.3) is 11.8 Å². The van der Waals surface area contributed by atoms with E-state index in [0.717, 1.165) is 11.8 Å². The third-order valence-corrected chi connectivity index (χ3v) is 9.81. The Balaban J connectivity index is 1.44. The zero-order valence-corrected chi connectivity index (χ0v) is 28.9. The molecule has 1 unspecified atom stereocenters. The Labute approximate surface area is 292 Å². The van der Waals surface area contributed by atoms with Crippen molar-refractivity contribution in [3.05, 3.63) is 71.3 Å². The standard InChI is InChI=1S/C35H39NO13S/c1-6-50-35-25(36-31(40)22-14-10-11-15-23(22)32(36)41)28(27-24(47-35)16-42-33(48-27)21-12-8-7-9-13-21)49-34-30(46-20(5)39)29(45-19(4)38)26(17(2)43-34)44-18(3)37/h7-15,17,24-30,33-35H,6,16H2,1-5H3/t17-,24+,25+,26-,27+,28+,29+,30+,33?,34-,35-/m0/s1. The Morgan fingerprint density at radius 3 is 1.96 bits per heavy atom. The molecule has 50 heavy (non-hydrogen) atoms. The highest BCUT2D eigenvalue weighted by Crippen LogP contribution is 2.43. The Bertz CT molecular complexity index is 1570. The van der Waals surface area contributed by atoms with Gasteiger partial charge in [-0.05, 0) is 24.8 Å². The van der Waals surface area contributed by atoms with Crippen molar-refractivity contribution < 1.29 is 61.9 Å². The summed E-state index contributed by atoms with van der Waals surface area (Å²) in [7, 11) is 0. The molecule has 3 fully saturated rings. The number of carbonyl (C=O) groups excluding carboxylic acids is 5. The number of ether oxygens (including phenoxy) is 8. The monoisotopic (exact) mass is 713 g/mol. The first-order valence-corrected chi connectivity index (χ1v) is 17.4. The van der Waals surface area contributed by atoms with Gasteiger partial charge in [0, 0.05) is 26.3 Å². The zero-order valence-electron chi connectivity index (χ0n) is 28.1. The molecule has 3 saturated heterocycles. The van der Waals surface area contributed by atoms with E-state index in [1.165, 1.54) is 25.6 Å². The van der Waals surface area contributed by atoms with Gasteiger partial charge in [0.1, 0.15) is 29.8 Å². The number of hydrogen-bond donors (Lipinski definition) is 0. The fourth-order valence-electron chi connectivity index (χ4n) is 6.78. The van der Waals surface area contributed by atoms with Gasteiger partial charge in [-0.2, -0.15) is 0 Å². The van der Waals surface area contributed by atoms with Crippen molar-refractivity contribution >= 4 is 41.5 Å². The van der Waals surface area contributed by atoms with Crippen molar-refractivity contribution in [3.8, 4) is 0 Å². The van der Waals surface area contributed by atoms with Gasteiger partial charge in [-0.15, -0.1) is 11.8 Å². The minimum Gasteiger partial charge on any atom is -0.456 e. The predicted octanol–water partition coefficient (Wildman–Crippen LogP) is 3.17. The van der Waals surface area contributed by atoms with E-state index in [0.29, 0.717) is 11.3 Å². The number of carbonyl (C=O) groups is 5. The molecule has 11 atom stereocenters. The topological polar surface area (TPSA) is 162 Å². The van der Waals surface area contributed by atoms with Crippen molar-refractivity contribution in [2.75, 3.05) is 12.4 Å². The van der Waals surface area contributed by atoms with Crippen LogP contribution in [-0.4, -0.2) is 107 Å². The Morgan fingerprint density at radius 1 is 0.780 bits per heavy atom. The molecule has 0 radical (unpaired) electrons. The summed E-state index contributed by atoms with van der Waals surface area (Å²) in [6.45, 7) is 7.10. The van der Waals surface area contributed by atoms with E-state index >= 15 is 0 Å². The van der Waals surface area contributed by atoms with Crippen LogP contribution in [0.3, 0.4) is 0 Å². The van der Waals surface area contributed by atoms with Gasteiger partial charge >= 0.3 is 17.9 Å². The highest BCUT2D eigenvalue weighted by atomic mass is 32.2. The van der Waals surface area contributed by atoms with Gasteiger partial charge in [0.05, 0.1) is 23.8 Å². The van der Waals surface area contributed by atoms with E-state index in [2.05, 4.69) is 0 Å². The molecular weight excluding hydrogens is 674 g/mol. The summed E-state index contributed by atoms with van der Waals surface area (Å²) in [5.74, 6) is -2.70. The van der Waals surface area contributed by atoms with Crippen LogP contribution < -0.4 is 0 Å². The van der Waals surface area contributed by atoms with Crippen molar-refractivity contribution in [2.24, 2.45) is 0 Å². The predicted molar refractivity (Wildman–Crippen MR) is 173 cm³/mol. The molecule has 0 aliphatic carbocycles. The van der Waals surface area contributed by atoms with Crippen LogP contribution in [0.5, 0.6) is 0 Å². The minimum absolute atomic E-state index is 0.0829. The second-order valence-corrected chi connectivity index (χ2v) is 13.6. The van der Waals surface area contributed by atoms with E-state index in [-0.39, 0.29) is 17.7 Å². The molecule has 0 spiro atoms. The summed E-state index contributed by atoms with van der Waals surface area (Å²) >= 11 is 1.36. The lowest BCUT2D eigenvalue weighted by molar-refractivity contribution is -0.357. The summed E-state index contributed by atoms with van der Waals surface area (Å²) in [4.78, 5) is 66.1. The summed E-state index contributed by atoms with van der Waals surface area (Å²) in [5, 5.41) is 0. The maximum atomic E-state index is 14.0. The molecule has 2 aromatic rings. The van der Waals surface area contributed by atoms with Crippen molar-refractivity contribution in [1.29, 1.82) is 0 Å². The first-order valence-electron chi connectivity index (χ1n) is 16.4. The molecule has 2 aromatic carbocycles. The summed E-state index contributed by atoms with van der Waals surface area (Å²) < 4.78 is 49.0. The molecule has 4 heterocycles. The van der Waals surface area contributed by atoms with E-state index in [9.17, 15) is 24.0 Å². The summed E-state index contributed by atoms with van der Waals surface area (Å²) in [6.07, 6.45) is -10.0. The smallest absolute Gasteiger partial charge is 0.303 e. The van der Waals surface area contributed by atoms with Crippen molar-refractivity contribution in [3.63, 3.8) is 0 Å². The number of esters is 3. The number of imide groups is 1. The van der Waals surface area contributed by atoms with Crippen LogP contribution in [0.15, 0.2) is 54.6 Å². The summed E-state index contributed by atoms with van der Waals surface area (Å²) in [5.41, 5.74) is 0.369. The van der Waals surface area contributed by atoms with Crippen LogP contribution in [0.4, 0.5) is 0 Å². The maximum absolute atomic E-state index is 14.0. The van der Waals surface area contributed by atoms with Crippen LogP contribution in [0.2, 0.25) is 0 Å². The van der Waals surface area contributed by atoms with Crippen LogP contribution >= 0.6 is 11.8 Å². The van der Waals surface area contributed by atoms with Gasteiger partial charge in [-0.1, -0.05) is 49.4 Å². The van der Waals surface area contributed by atoms with Crippen molar-refractivity contribution in [1.82, 2.24) is 4.90 Å². The molecule has 0 N–H and O–H groups in total. The highest BCUT2D eigenvalue weighted by molar-refractivity contribution is 7.99. The molecule has 0 aromatic heterocycles. The van der Waals surface area contributed by atoms with E-state index in [1.54, 1.807) is 31.2 Å². The number of fused-ring (bicyclic) bond motifs is 2. The van der Waals surface area contributed by atoms with E-state index < -0.39 is 96.5 Å². The number of nitrogens with zero attached hydrogens (tertiary/aromatic N) is 1. The minimum atomic E-state index is -1.46. The van der Waals surface area contributed by atoms with E-state index in [4.69, 9.17) is 37.9 Å². The van der Waals surface area contributed by atoms with Crippen LogP contribution in [-0.2, 0) is 52.3 Å². The average molecular weight is 714 g/mol. The Morgan fingerprint density at radius 2 is 1.36 bits per heavy atom. The van der Waals surface area contributed by atoms with Gasteiger partial charge < -0.3 is 37.9 Å². The molecule has 15 heteroatoms.